The van der Waals surface area contributed by atoms with Gasteiger partial charge in [-0.1, -0.05) is 147 Å². The predicted molar refractivity (Wildman–Crippen MR) is 208 cm³/mol. The fourth-order valence-electron chi connectivity index (χ4n) is 5.47. The Hall–Kier alpha value is -1.51. The number of esters is 2. The number of unbranched alkanes of at least 4 members (excludes halogenated alkanes) is 20. The lowest BCUT2D eigenvalue weighted by atomic mass is 10.0. The van der Waals surface area contributed by atoms with Crippen molar-refractivity contribution in [1.29, 1.82) is 0 Å². The van der Waals surface area contributed by atoms with Crippen molar-refractivity contribution in [3.8, 4) is 0 Å². The van der Waals surface area contributed by atoms with Gasteiger partial charge in [0, 0.05) is 12.8 Å². The van der Waals surface area contributed by atoms with Gasteiger partial charge in [-0.25, -0.2) is 0 Å². The molecule has 0 aromatic heterocycles. The van der Waals surface area contributed by atoms with Crippen molar-refractivity contribution >= 4 is 19.8 Å². The van der Waals surface area contributed by atoms with Crippen molar-refractivity contribution in [3.05, 3.63) is 24.3 Å². The van der Waals surface area contributed by atoms with E-state index in [1.807, 2.05) is 21.1 Å². The lowest BCUT2D eigenvalue weighted by molar-refractivity contribution is -0.870. The molecule has 0 bridgehead atoms. The maximum Gasteiger partial charge on any atom is 0.306 e. The Morgan fingerprint density at radius 3 is 1.53 bits per heavy atom. The molecule has 2 atom stereocenters. The molecule has 9 nitrogen and oxygen atoms in total. The number of likely N-dealkylation sites (N-methyl/N-ethyl adjacent to an activating group) is 1. The van der Waals surface area contributed by atoms with Crippen molar-refractivity contribution < 1.29 is 42.1 Å². The van der Waals surface area contributed by atoms with E-state index in [0.717, 1.165) is 57.8 Å². The van der Waals surface area contributed by atoms with Gasteiger partial charge in [-0.15, -0.1) is 0 Å². The van der Waals surface area contributed by atoms with Crippen LogP contribution in [-0.4, -0.2) is 70.0 Å². The van der Waals surface area contributed by atoms with E-state index in [1.165, 1.54) is 83.5 Å². The molecule has 300 valence electrons. The van der Waals surface area contributed by atoms with Crippen molar-refractivity contribution in [2.45, 2.75) is 180 Å². The molecule has 0 aromatic rings. The highest BCUT2D eigenvalue weighted by Gasteiger charge is 2.21. The summed E-state index contributed by atoms with van der Waals surface area (Å²) in [6, 6.07) is 0. The van der Waals surface area contributed by atoms with Crippen LogP contribution in [0.3, 0.4) is 0 Å². The number of nitrogens with zero attached hydrogens (tertiary/aromatic N) is 1. The molecule has 0 aliphatic heterocycles. The standard InChI is InChI=1S/C41H78NO8P/c1-6-8-10-12-14-16-18-20-21-22-24-26-28-30-32-34-41(44)50-39(38-49-51(45,46)48-36-35-42(3,4)5)37-47-40(43)33-31-29-27-25-23-19-17-15-13-11-9-7-2/h16,18,20-21,39H,6-15,17,19,22-38H2,1-5H3/b18-16+,21-20+/t39-/m1/s1. The molecule has 0 fully saturated rings. The summed E-state index contributed by atoms with van der Waals surface area (Å²) in [7, 11) is 1.16. The second-order valence-electron chi connectivity index (χ2n) is 15.0. The first-order chi connectivity index (χ1) is 24.5. The van der Waals surface area contributed by atoms with Crippen molar-refractivity contribution in [2.24, 2.45) is 0 Å². The molecule has 0 radical (unpaired) electrons. The lowest BCUT2D eigenvalue weighted by Gasteiger charge is -2.28. The van der Waals surface area contributed by atoms with Gasteiger partial charge in [0.15, 0.2) is 6.10 Å². The van der Waals surface area contributed by atoms with Crippen LogP contribution in [0.2, 0.25) is 0 Å². The zero-order valence-corrected chi connectivity index (χ0v) is 34.4. The molecule has 10 heteroatoms. The second kappa shape index (κ2) is 34.3. The van der Waals surface area contributed by atoms with Crippen LogP contribution in [0.25, 0.3) is 0 Å². The van der Waals surface area contributed by atoms with Crippen molar-refractivity contribution in [2.75, 3.05) is 47.5 Å². The van der Waals surface area contributed by atoms with Crippen LogP contribution in [-0.2, 0) is 32.7 Å². The van der Waals surface area contributed by atoms with Crippen molar-refractivity contribution in [3.63, 3.8) is 0 Å². The Balaban J connectivity index is 4.43. The number of allylic oxidation sites excluding steroid dienone is 4. The third kappa shape index (κ3) is 38.0. The molecule has 0 aromatic carbocycles. The third-order valence-corrected chi connectivity index (χ3v) is 9.72. The number of rotatable bonds is 37. The van der Waals surface area contributed by atoms with E-state index in [2.05, 4.69) is 38.2 Å². The van der Waals surface area contributed by atoms with Crippen LogP contribution < -0.4 is 4.89 Å². The zero-order chi connectivity index (χ0) is 37.9. The highest BCUT2D eigenvalue weighted by Crippen LogP contribution is 2.38. The average molecular weight is 744 g/mol. The molecule has 0 rings (SSSR count). The molecule has 0 saturated carbocycles. The minimum absolute atomic E-state index is 0.0324. The average Bonchev–Trinajstić information content (AvgIpc) is 3.07. The van der Waals surface area contributed by atoms with Gasteiger partial charge < -0.3 is 27.9 Å². The number of carbonyl (C=O) groups is 2. The Kier molecular flexibility index (Phi) is 33.3. The molecule has 0 heterocycles. The first-order valence-electron chi connectivity index (χ1n) is 20.6. The number of phosphoric ester groups is 1. The molecule has 51 heavy (non-hydrogen) atoms. The number of hydrogen-bond donors (Lipinski definition) is 0. The van der Waals surface area contributed by atoms with Crippen LogP contribution in [0, 0.1) is 0 Å². The molecular formula is C41H78NO8P. The predicted octanol–water partition coefficient (Wildman–Crippen LogP) is 10.6. The minimum Gasteiger partial charge on any atom is -0.756 e. The van der Waals surface area contributed by atoms with Crippen LogP contribution >= 0.6 is 7.82 Å². The monoisotopic (exact) mass is 744 g/mol. The van der Waals surface area contributed by atoms with Gasteiger partial charge in [0.05, 0.1) is 27.7 Å². The van der Waals surface area contributed by atoms with Gasteiger partial charge in [0.2, 0.25) is 0 Å². The third-order valence-electron chi connectivity index (χ3n) is 8.75. The number of ether oxygens (including phenoxy) is 2. The van der Waals surface area contributed by atoms with Gasteiger partial charge in [0.25, 0.3) is 7.82 Å². The van der Waals surface area contributed by atoms with Crippen molar-refractivity contribution in [1.82, 2.24) is 0 Å². The van der Waals surface area contributed by atoms with Gasteiger partial charge in [-0.3, -0.25) is 14.2 Å². The Labute approximate surface area is 313 Å². The summed E-state index contributed by atoms with van der Waals surface area (Å²) >= 11 is 0. The van der Waals surface area contributed by atoms with E-state index in [0.29, 0.717) is 17.4 Å². The lowest BCUT2D eigenvalue weighted by Crippen LogP contribution is -2.37. The highest BCUT2D eigenvalue weighted by atomic mass is 31.2. The van der Waals surface area contributed by atoms with Crippen LogP contribution in [0.5, 0.6) is 0 Å². The Morgan fingerprint density at radius 2 is 1.04 bits per heavy atom. The fourth-order valence-corrected chi connectivity index (χ4v) is 6.20. The molecule has 0 amide bonds. The van der Waals surface area contributed by atoms with Gasteiger partial charge >= 0.3 is 11.9 Å². The zero-order valence-electron chi connectivity index (χ0n) is 33.6. The summed E-state index contributed by atoms with van der Waals surface area (Å²) in [5.41, 5.74) is 0. The number of hydrogen-bond acceptors (Lipinski definition) is 8. The summed E-state index contributed by atoms with van der Waals surface area (Å²) in [5, 5.41) is 0. The van der Waals surface area contributed by atoms with E-state index >= 15 is 0 Å². The fraction of sp³-hybridized carbons (Fsp3) is 0.854. The summed E-state index contributed by atoms with van der Waals surface area (Å²) in [6.07, 6.45) is 34.8. The normalized spacial score (nSPS) is 13.9. The van der Waals surface area contributed by atoms with E-state index in [1.54, 1.807) is 0 Å². The summed E-state index contributed by atoms with van der Waals surface area (Å²) < 4.78 is 33.8. The smallest absolute Gasteiger partial charge is 0.306 e. The summed E-state index contributed by atoms with van der Waals surface area (Å²) in [4.78, 5) is 37.4. The highest BCUT2D eigenvalue weighted by molar-refractivity contribution is 7.45. The largest absolute Gasteiger partial charge is 0.756 e. The molecule has 0 N–H and O–H groups in total. The number of quaternary nitrogens is 1. The first-order valence-corrected chi connectivity index (χ1v) is 22.0. The molecule has 0 aliphatic rings. The second-order valence-corrected chi connectivity index (χ2v) is 16.4. The topological polar surface area (TPSA) is 111 Å². The molecule has 1 unspecified atom stereocenters. The quantitative estimate of drug-likeness (QED) is 0.0203. The van der Waals surface area contributed by atoms with Crippen LogP contribution in [0.4, 0.5) is 0 Å². The Morgan fingerprint density at radius 1 is 0.608 bits per heavy atom. The van der Waals surface area contributed by atoms with E-state index < -0.39 is 26.5 Å². The maximum atomic E-state index is 12.6. The van der Waals surface area contributed by atoms with Gasteiger partial charge in [-0.2, -0.15) is 0 Å². The minimum atomic E-state index is -4.62. The van der Waals surface area contributed by atoms with Gasteiger partial charge in [0.1, 0.15) is 19.8 Å². The van der Waals surface area contributed by atoms with E-state index in [9.17, 15) is 19.0 Å². The van der Waals surface area contributed by atoms with E-state index in [4.69, 9.17) is 18.5 Å². The maximum absolute atomic E-state index is 12.6. The number of carbonyl (C=O) groups excluding carboxylic acids is 2. The summed E-state index contributed by atoms with van der Waals surface area (Å²) in [5.74, 6) is -0.849. The molecule has 0 aliphatic carbocycles. The van der Waals surface area contributed by atoms with Crippen LogP contribution in [0.1, 0.15) is 174 Å². The summed E-state index contributed by atoms with van der Waals surface area (Å²) in [6.45, 7) is 4.18. The molecule has 0 spiro atoms. The molecule has 0 saturated heterocycles. The number of phosphoric acid groups is 1. The van der Waals surface area contributed by atoms with Crippen LogP contribution in [0.15, 0.2) is 24.3 Å². The molecular weight excluding hydrogens is 665 g/mol. The van der Waals surface area contributed by atoms with Gasteiger partial charge in [-0.05, 0) is 38.5 Å². The van der Waals surface area contributed by atoms with E-state index in [-0.39, 0.29) is 32.0 Å². The SMILES string of the molecule is CCCCCC/C=C/C=C/CCCCCCCC(=O)O[C@H](COC(=O)CCCCCCCCCCCCCC)COP(=O)([O-])OCC[N+](C)(C)C. The Bertz CT molecular complexity index is 933. The first kappa shape index (κ1) is 49.5.